The maximum Gasteiger partial charge on any atom is 0.147 e. The van der Waals surface area contributed by atoms with Crippen LogP contribution in [0.4, 0.5) is 20.2 Å². The van der Waals surface area contributed by atoms with Crippen molar-refractivity contribution in [1.82, 2.24) is 5.32 Å². The molecule has 2 aromatic carbocycles. The lowest BCUT2D eigenvalue weighted by atomic mass is 10.1. The predicted molar refractivity (Wildman–Crippen MR) is 82.9 cm³/mol. The molecule has 2 aromatic rings. The summed E-state index contributed by atoms with van der Waals surface area (Å²) in [5.41, 5.74) is 1.58. The van der Waals surface area contributed by atoms with E-state index in [9.17, 15) is 8.78 Å². The molecule has 0 saturated heterocycles. The Kier molecular flexibility index (Phi) is 5.28. The summed E-state index contributed by atoms with van der Waals surface area (Å²) in [4.78, 5) is 1.56. The average molecular weight is 290 g/mol. The van der Waals surface area contributed by atoms with E-state index in [1.54, 1.807) is 36.2 Å². The number of hydrogen-bond acceptors (Lipinski definition) is 2. The van der Waals surface area contributed by atoms with Crippen molar-refractivity contribution in [2.24, 2.45) is 0 Å². The number of nitrogens with one attached hydrogen (secondary N) is 1. The summed E-state index contributed by atoms with van der Waals surface area (Å²) >= 11 is 0. The molecule has 0 aliphatic heterocycles. The molecule has 1 N–H and O–H groups in total. The monoisotopic (exact) mass is 290 g/mol. The Hall–Kier alpha value is -1.94. The van der Waals surface area contributed by atoms with Crippen LogP contribution in [0.1, 0.15) is 18.9 Å². The zero-order valence-corrected chi connectivity index (χ0v) is 12.4. The second-order valence-corrected chi connectivity index (χ2v) is 4.93. The van der Waals surface area contributed by atoms with Crippen LogP contribution in [0.25, 0.3) is 0 Å². The van der Waals surface area contributed by atoms with Crippen LogP contribution >= 0.6 is 0 Å². The Morgan fingerprint density at radius 2 is 1.71 bits per heavy atom. The van der Waals surface area contributed by atoms with E-state index in [4.69, 9.17) is 0 Å². The van der Waals surface area contributed by atoms with E-state index in [2.05, 4.69) is 12.2 Å². The molecule has 0 unspecified atom stereocenters. The van der Waals surface area contributed by atoms with Gasteiger partial charge in [-0.3, -0.25) is 0 Å². The van der Waals surface area contributed by atoms with E-state index in [1.807, 2.05) is 6.07 Å². The van der Waals surface area contributed by atoms with E-state index in [0.29, 0.717) is 17.9 Å². The standard InChI is InChI=1S/C17H20F2N2/c1-3-11-20-12-13-7-6-9-15(19)17(13)21(2)16-10-5-4-8-14(16)18/h4-10,20H,3,11-12H2,1-2H3. The number of halogens is 2. The molecular formula is C17H20F2N2. The van der Waals surface area contributed by atoms with Crippen molar-refractivity contribution in [3.05, 3.63) is 59.7 Å². The fourth-order valence-electron chi connectivity index (χ4n) is 2.32. The molecular weight excluding hydrogens is 270 g/mol. The van der Waals surface area contributed by atoms with Gasteiger partial charge < -0.3 is 10.2 Å². The topological polar surface area (TPSA) is 15.3 Å². The third-order valence-corrected chi connectivity index (χ3v) is 3.36. The van der Waals surface area contributed by atoms with Crippen molar-refractivity contribution in [3.63, 3.8) is 0 Å². The number of hydrogen-bond donors (Lipinski definition) is 1. The Bertz CT molecular complexity index is 599. The number of rotatable bonds is 6. The van der Waals surface area contributed by atoms with Crippen LogP contribution in [-0.2, 0) is 6.54 Å². The van der Waals surface area contributed by atoms with Crippen LogP contribution < -0.4 is 10.2 Å². The Balaban J connectivity index is 2.35. The highest BCUT2D eigenvalue weighted by Crippen LogP contribution is 2.31. The number of anilines is 2. The SMILES string of the molecule is CCCNCc1cccc(F)c1N(C)c1ccccc1F. The summed E-state index contributed by atoms with van der Waals surface area (Å²) in [5.74, 6) is -0.715. The van der Waals surface area contributed by atoms with Gasteiger partial charge in [-0.2, -0.15) is 0 Å². The molecule has 0 amide bonds. The van der Waals surface area contributed by atoms with Gasteiger partial charge in [0.15, 0.2) is 0 Å². The minimum Gasteiger partial charge on any atom is -0.340 e. The normalized spacial score (nSPS) is 10.7. The van der Waals surface area contributed by atoms with Gasteiger partial charge in [-0.15, -0.1) is 0 Å². The van der Waals surface area contributed by atoms with Crippen LogP contribution in [-0.4, -0.2) is 13.6 Å². The number of benzene rings is 2. The molecule has 112 valence electrons. The summed E-state index contributed by atoms with van der Waals surface area (Å²) < 4.78 is 28.2. The van der Waals surface area contributed by atoms with Crippen molar-refractivity contribution in [2.45, 2.75) is 19.9 Å². The Morgan fingerprint density at radius 3 is 2.43 bits per heavy atom. The first-order valence-electron chi connectivity index (χ1n) is 7.11. The third-order valence-electron chi connectivity index (χ3n) is 3.36. The molecule has 0 aromatic heterocycles. The molecule has 2 rings (SSSR count). The first-order valence-corrected chi connectivity index (χ1v) is 7.11. The number of para-hydroxylation sites is 2. The highest BCUT2D eigenvalue weighted by molar-refractivity contribution is 5.66. The highest BCUT2D eigenvalue weighted by Gasteiger charge is 2.16. The average Bonchev–Trinajstić information content (AvgIpc) is 2.47. The zero-order valence-electron chi connectivity index (χ0n) is 12.4. The van der Waals surface area contributed by atoms with Crippen LogP contribution in [0.2, 0.25) is 0 Å². The van der Waals surface area contributed by atoms with Gasteiger partial charge in [0.2, 0.25) is 0 Å². The van der Waals surface area contributed by atoms with Crippen LogP contribution in [0.5, 0.6) is 0 Å². The van der Waals surface area contributed by atoms with Gasteiger partial charge in [-0.25, -0.2) is 8.78 Å². The van der Waals surface area contributed by atoms with Gasteiger partial charge >= 0.3 is 0 Å². The Labute approximate surface area is 124 Å². The van der Waals surface area contributed by atoms with E-state index >= 15 is 0 Å². The fourth-order valence-corrected chi connectivity index (χ4v) is 2.32. The van der Waals surface area contributed by atoms with Gasteiger partial charge in [-0.1, -0.05) is 31.2 Å². The maximum atomic E-state index is 14.2. The van der Waals surface area contributed by atoms with E-state index in [1.165, 1.54) is 12.1 Å². The second-order valence-electron chi connectivity index (χ2n) is 4.93. The molecule has 0 aliphatic rings. The minimum atomic E-state index is -0.365. The lowest BCUT2D eigenvalue weighted by Gasteiger charge is -2.24. The molecule has 0 heterocycles. The first-order chi connectivity index (χ1) is 10.1. The minimum absolute atomic E-state index is 0.350. The highest BCUT2D eigenvalue weighted by atomic mass is 19.1. The molecule has 0 saturated carbocycles. The largest absolute Gasteiger partial charge is 0.340 e. The maximum absolute atomic E-state index is 14.2. The van der Waals surface area contributed by atoms with E-state index in [-0.39, 0.29) is 11.6 Å². The quantitative estimate of drug-likeness (QED) is 0.801. The van der Waals surface area contributed by atoms with Gasteiger partial charge in [0.1, 0.15) is 11.6 Å². The van der Waals surface area contributed by atoms with Crippen LogP contribution in [0.3, 0.4) is 0 Å². The van der Waals surface area contributed by atoms with Crippen molar-refractivity contribution in [2.75, 3.05) is 18.5 Å². The van der Waals surface area contributed by atoms with Gasteiger partial charge in [0.25, 0.3) is 0 Å². The van der Waals surface area contributed by atoms with Crippen molar-refractivity contribution in [3.8, 4) is 0 Å². The molecule has 0 radical (unpaired) electrons. The van der Waals surface area contributed by atoms with Gasteiger partial charge in [0.05, 0.1) is 11.4 Å². The fraction of sp³-hybridized carbons (Fsp3) is 0.294. The molecule has 0 aliphatic carbocycles. The molecule has 21 heavy (non-hydrogen) atoms. The summed E-state index contributed by atoms with van der Waals surface area (Å²) in [6.07, 6.45) is 1.01. The lowest BCUT2D eigenvalue weighted by Crippen LogP contribution is -2.19. The molecule has 0 spiro atoms. The summed E-state index contributed by atoms with van der Waals surface area (Å²) in [7, 11) is 1.68. The van der Waals surface area contributed by atoms with Crippen LogP contribution in [0, 0.1) is 11.6 Å². The van der Waals surface area contributed by atoms with E-state index < -0.39 is 0 Å². The smallest absolute Gasteiger partial charge is 0.147 e. The molecule has 0 bridgehead atoms. The summed E-state index contributed by atoms with van der Waals surface area (Å²) in [5, 5.41) is 3.25. The zero-order chi connectivity index (χ0) is 15.2. The second kappa shape index (κ2) is 7.18. The van der Waals surface area contributed by atoms with Crippen molar-refractivity contribution >= 4 is 11.4 Å². The van der Waals surface area contributed by atoms with Crippen molar-refractivity contribution < 1.29 is 8.78 Å². The van der Waals surface area contributed by atoms with E-state index in [0.717, 1.165) is 18.5 Å². The third kappa shape index (κ3) is 3.58. The van der Waals surface area contributed by atoms with Gasteiger partial charge in [0, 0.05) is 13.6 Å². The molecule has 0 atom stereocenters. The lowest BCUT2D eigenvalue weighted by molar-refractivity contribution is 0.611. The van der Waals surface area contributed by atoms with Crippen LogP contribution in [0.15, 0.2) is 42.5 Å². The van der Waals surface area contributed by atoms with Crippen molar-refractivity contribution in [1.29, 1.82) is 0 Å². The summed E-state index contributed by atoms with van der Waals surface area (Å²) in [6, 6.07) is 11.3. The Morgan fingerprint density at radius 1 is 1.00 bits per heavy atom. The summed E-state index contributed by atoms with van der Waals surface area (Å²) in [6.45, 7) is 3.49. The first kappa shape index (κ1) is 15.4. The number of nitrogens with zero attached hydrogens (tertiary/aromatic N) is 1. The van der Waals surface area contributed by atoms with Gasteiger partial charge in [-0.05, 0) is 36.7 Å². The molecule has 0 fully saturated rings. The molecule has 4 heteroatoms. The molecule has 2 nitrogen and oxygen atoms in total. The predicted octanol–water partition coefficient (Wildman–Crippen LogP) is 4.23.